The van der Waals surface area contributed by atoms with Crippen LogP contribution in [0.25, 0.3) is 11.3 Å². The maximum Gasteiger partial charge on any atom is 0.374 e. The van der Waals surface area contributed by atoms with Crippen LogP contribution in [0, 0.1) is 12.7 Å². The molecule has 3 rings (SSSR count). The summed E-state index contributed by atoms with van der Waals surface area (Å²) in [6, 6.07) is 8.84. The van der Waals surface area contributed by atoms with Crippen molar-refractivity contribution in [2.75, 3.05) is 0 Å². The molecule has 0 spiro atoms. The van der Waals surface area contributed by atoms with Crippen LogP contribution in [0.4, 0.5) is 4.39 Å². The Labute approximate surface area is 124 Å². The SMILES string of the molecule is Cc1noc(COC(=O)c2ccc(-c3ccc(F)cc3)o2)n1. The summed E-state index contributed by atoms with van der Waals surface area (Å²) in [7, 11) is 0. The van der Waals surface area contributed by atoms with E-state index in [0.29, 0.717) is 17.1 Å². The van der Waals surface area contributed by atoms with E-state index in [4.69, 9.17) is 13.7 Å². The van der Waals surface area contributed by atoms with Crippen molar-refractivity contribution in [3.05, 3.63) is 59.7 Å². The molecule has 0 fully saturated rings. The van der Waals surface area contributed by atoms with Crippen molar-refractivity contribution in [3.63, 3.8) is 0 Å². The fraction of sp³-hybridized carbons (Fsp3) is 0.133. The van der Waals surface area contributed by atoms with Gasteiger partial charge in [0.15, 0.2) is 12.4 Å². The van der Waals surface area contributed by atoms with Gasteiger partial charge in [-0.3, -0.25) is 0 Å². The second-order valence-corrected chi connectivity index (χ2v) is 4.48. The molecule has 0 aliphatic carbocycles. The third-order valence-corrected chi connectivity index (χ3v) is 2.83. The minimum Gasteiger partial charge on any atom is -0.450 e. The smallest absolute Gasteiger partial charge is 0.374 e. The second-order valence-electron chi connectivity index (χ2n) is 4.48. The average Bonchev–Trinajstić information content (AvgIpc) is 3.15. The molecule has 6 nitrogen and oxygen atoms in total. The highest BCUT2D eigenvalue weighted by Crippen LogP contribution is 2.23. The predicted octanol–water partition coefficient (Wildman–Crippen LogP) is 3.13. The Hall–Kier alpha value is -2.96. The van der Waals surface area contributed by atoms with Gasteiger partial charge < -0.3 is 13.7 Å². The first-order valence-electron chi connectivity index (χ1n) is 6.44. The van der Waals surface area contributed by atoms with E-state index in [1.165, 1.54) is 18.2 Å². The molecule has 2 heterocycles. The standard InChI is InChI=1S/C15H11FN2O4/c1-9-17-14(22-18-9)8-20-15(19)13-7-6-12(21-13)10-2-4-11(16)5-3-10/h2-7H,8H2,1H3. The highest BCUT2D eigenvalue weighted by Gasteiger charge is 2.15. The van der Waals surface area contributed by atoms with Crippen molar-refractivity contribution < 1.29 is 22.9 Å². The maximum atomic E-state index is 12.9. The quantitative estimate of drug-likeness (QED) is 0.689. The van der Waals surface area contributed by atoms with Gasteiger partial charge in [0.1, 0.15) is 11.6 Å². The largest absolute Gasteiger partial charge is 0.450 e. The molecule has 0 bridgehead atoms. The second kappa shape index (κ2) is 5.80. The van der Waals surface area contributed by atoms with Crippen LogP contribution in [-0.2, 0) is 11.3 Å². The van der Waals surface area contributed by atoms with E-state index in [9.17, 15) is 9.18 Å². The lowest BCUT2D eigenvalue weighted by Crippen LogP contribution is -2.04. The molecule has 0 saturated heterocycles. The number of ether oxygens (including phenoxy) is 1. The molecule has 0 radical (unpaired) electrons. The number of nitrogens with zero attached hydrogens (tertiary/aromatic N) is 2. The molecule has 112 valence electrons. The number of aryl methyl sites for hydroxylation is 1. The van der Waals surface area contributed by atoms with Gasteiger partial charge in [0.2, 0.25) is 5.76 Å². The first-order chi connectivity index (χ1) is 10.6. The van der Waals surface area contributed by atoms with Crippen molar-refractivity contribution >= 4 is 5.97 Å². The molecule has 0 N–H and O–H groups in total. The lowest BCUT2D eigenvalue weighted by atomic mass is 10.2. The number of benzene rings is 1. The Kier molecular flexibility index (Phi) is 3.69. The summed E-state index contributed by atoms with van der Waals surface area (Å²) in [5.74, 6) is 0.156. The fourth-order valence-electron chi connectivity index (χ4n) is 1.81. The van der Waals surface area contributed by atoms with E-state index < -0.39 is 5.97 Å². The molecular weight excluding hydrogens is 291 g/mol. The van der Waals surface area contributed by atoms with Gasteiger partial charge in [-0.2, -0.15) is 4.98 Å². The van der Waals surface area contributed by atoms with Gasteiger partial charge in [-0.15, -0.1) is 0 Å². The molecule has 0 aliphatic rings. The fourth-order valence-corrected chi connectivity index (χ4v) is 1.81. The number of carbonyl (C=O) groups excluding carboxylic acids is 1. The van der Waals surface area contributed by atoms with E-state index in [1.807, 2.05) is 0 Å². The number of esters is 1. The average molecular weight is 302 g/mol. The van der Waals surface area contributed by atoms with Gasteiger partial charge in [-0.1, -0.05) is 5.16 Å². The van der Waals surface area contributed by atoms with E-state index in [1.54, 1.807) is 25.1 Å². The monoisotopic (exact) mass is 302 g/mol. The van der Waals surface area contributed by atoms with E-state index in [0.717, 1.165) is 0 Å². The lowest BCUT2D eigenvalue weighted by Gasteiger charge is -1.99. The van der Waals surface area contributed by atoms with Crippen LogP contribution in [0.5, 0.6) is 0 Å². The highest BCUT2D eigenvalue weighted by atomic mass is 19.1. The normalized spacial score (nSPS) is 10.6. The van der Waals surface area contributed by atoms with Crippen molar-refractivity contribution in [1.82, 2.24) is 10.1 Å². The summed E-state index contributed by atoms with van der Waals surface area (Å²) in [4.78, 5) is 15.8. The van der Waals surface area contributed by atoms with Gasteiger partial charge >= 0.3 is 5.97 Å². The predicted molar refractivity (Wildman–Crippen MR) is 72.3 cm³/mol. The summed E-state index contributed by atoms with van der Waals surface area (Å²) in [6.45, 7) is 1.53. The van der Waals surface area contributed by atoms with E-state index in [2.05, 4.69) is 10.1 Å². The highest BCUT2D eigenvalue weighted by molar-refractivity contribution is 5.87. The summed E-state index contributed by atoms with van der Waals surface area (Å²) >= 11 is 0. The van der Waals surface area contributed by atoms with E-state index in [-0.39, 0.29) is 24.1 Å². The Morgan fingerprint density at radius 1 is 1.23 bits per heavy atom. The zero-order valence-electron chi connectivity index (χ0n) is 11.6. The van der Waals surface area contributed by atoms with Crippen LogP contribution >= 0.6 is 0 Å². The van der Waals surface area contributed by atoms with Crippen molar-refractivity contribution in [2.24, 2.45) is 0 Å². The number of aromatic nitrogens is 2. The summed E-state index contributed by atoms with van der Waals surface area (Å²) < 4.78 is 28.1. The van der Waals surface area contributed by atoms with Gasteiger partial charge in [0, 0.05) is 5.56 Å². The minimum absolute atomic E-state index is 0.0376. The maximum absolute atomic E-state index is 12.9. The Morgan fingerprint density at radius 3 is 2.68 bits per heavy atom. The molecule has 7 heteroatoms. The van der Waals surface area contributed by atoms with E-state index >= 15 is 0 Å². The molecule has 0 aliphatic heterocycles. The van der Waals surface area contributed by atoms with Crippen molar-refractivity contribution in [3.8, 4) is 11.3 Å². The number of hydrogen-bond donors (Lipinski definition) is 0. The van der Waals surface area contributed by atoms with Crippen LogP contribution in [-0.4, -0.2) is 16.1 Å². The topological polar surface area (TPSA) is 78.4 Å². The summed E-state index contributed by atoms with van der Waals surface area (Å²) in [5.41, 5.74) is 0.660. The molecule has 22 heavy (non-hydrogen) atoms. The third kappa shape index (κ3) is 3.03. The first kappa shape index (κ1) is 14.0. The van der Waals surface area contributed by atoms with Crippen molar-refractivity contribution in [1.29, 1.82) is 0 Å². The minimum atomic E-state index is -0.649. The molecule has 3 aromatic rings. The van der Waals surface area contributed by atoms with Gasteiger partial charge in [-0.05, 0) is 43.3 Å². The van der Waals surface area contributed by atoms with Gasteiger partial charge in [0.05, 0.1) is 0 Å². The van der Waals surface area contributed by atoms with Crippen LogP contribution < -0.4 is 0 Å². The number of rotatable bonds is 4. The number of halogens is 1. The Bertz CT molecular complexity index is 792. The van der Waals surface area contributed by atoms with Crippen LogP contribution in [0.3, 0.4) is 0 Å². The molecular formula is C15H11FN2O4. The van der Waals surface area contributed by atoms with Crippen molar-refractivity contribution in [2.45, 2.75) is 13.5 Å². The molecule has 0 amide bonds. The Morgan fingerprint density at radius 2 is 2.00 bits per heavy atom. The molecule has 0 unspecified atom stereocenters. The number of carbonyl (C=O) groups is 1. The summed E-state index contributed by atoms with van der Waals surface area (Å²) in [5, 5.41) is 3.59. The summed E-state index contributed by atoms with van der Waals surface area (Å²) in [6.07, 6.45) is 0. The first-order valence-corrected chi connectivity index (χ1v) is 6.44. The third-order valence-electron chi connectivity index (χ3n) is 2.83. The lowest BCUT2D eigenvalue weighted by molar-refractivity contribution is 0.0394. The van der Waals surface area contributed by atoms with Crippen LogP contribution in [0.2, 0.25) is 0 Å². The molecule has 0 atom stereocenters. The van der Waals surface area contributed by atoms with Crippen LogP contribution in [0.1, 0.15) is 22.3 Å². The molecule has 0 saturated carbocycles. The number of furan rings is 1. The van der Waals surface area contributed by atoms with Gasteiger partial charge in [-0.25, -0.2) is 9.18 Å². The van der Waals surface area contributed by atoms with Gasteiger partial charge in [0.25, 0.3) is 5.89 Å². The molecule has 2 aromatic heterocycles. The van der Waals surface area contributed by atoms with Crippen LogP contribution in [0.15, 0.2) is 45.3 Å². The zero-order chi connectivity index (χ0) is 15.5. The molecule has 1 aromatic carbocycles. The number of hydrogen-bond acceptors (Lipinski definition) is 6. The zero-order valence-corrected chi connectivity index (χ0v) is 11.6. The Balaban J connectivity index is 1.67.